The van der Waals surface area contributed by atoms with Crippen LogP contribution in [0.2, 0.25) is 0 Å². The highest BCUT2D eigenvalue weighted by Crippen LogP contribution is 2.43. The second kappa shape index (κ2) is 38.2. The van der Waals surface area contributed by atoms with E-state index in [0.717, 1.165) is 126 Å². The van der Waals surface area contributed by atoms with Crippen LogP contribution >= 0.6 is 51.0 Å². The Labute approximate surface area is 402 Å². The zero-order valence-electron chi connectivity index (χ0n) is 39.7. The van der Waals surface area contributed by atoms with Gasteiger partial charge in [-0.3, -0.25) is 28.2 Å². The molecule has 0 amide bonds. The van der Waals surface area contributed by atoms with Gasteiger partial charge in [0.15, 0.2) is 6.10 Å². The lowest BCUT2D eigenvalue weighted by Crippen LogP contribution is -2.37. The predicted octanol–water partition coefficient (Wildman–Crippen LogP) is 11.8. The van der Waals surface area contributed by atoms with Gasteiger partial charge in [-0.1, -0.05) is 133 Å². The summed E-state index contributed by atoms with van der Waals surface area (Å²) in [6.07, 6.45) is 24.7. The Bertz CT molecular complexity index is 1280. The first kappa shape index (κ1) is 59.5. The highest BCUT2D eigenvalue weighted by molar-refractivity contribution is 8.77. The van der Waals surface area contributed by atoms with Crippen LogP contribution in [0.1, 0.15) is 180 Å². The zero-order valence-corrected chi connectivity index (χ0v) is 43.8. The van der Waals surface area contributed by atoms with Crippen molar-refractivity contribution in [2.45, 2.75) is 196 Å². The summed E-state index contributed by atoms with van der Waals surface area (Å²) in [7, 11) is 9.27. The number of carbonyl (C=O) groups is 4. The van der Waals surface area contributed by atoms with Crippen LogP contribution in [0.3, 0.4) is 0 Å². The van der Waals surface area contributed by atoms with Crippen molar-refractivity contribution >= 4 is 74.9 Å². The number of hydrogen-bond acceptors (Lipinski definition) is 15. The van der Waals surface area contributed by atoms with E-state index in [4.69, 9.17) is 28.0 Å². The fourth-order valence-electron chi connectivity index (χ4n) is 7.06. The molecule has 0 aromatic heterocycles. The molecule has 2 aliphatic heterocycles. The number of phosphoric ester groups is 1. The molecule has 18 heteroatoms. The first-order valence-corrected chi connectivity index (χ1v) is 30.7. The fraction of sp³-hybridized carbons (Fsp3) is 0.913. The number of unbranched alkanes of at least 4 members (excludes halogenated alkanes) is 16. The van der Waals surface area contributed by atoms with Crippen LogP contribution in [-0.4, -0.2) is 122 Å². The Morgan fingerprint density at radius 2 is 0.938 bits per heavy atom. The van der Waals surface area contributed by atoms with E-state index in [2.05, 4.69) is 0 Å². The van der Waals surface area contributed by atoms with Crippen molar-refractivity contribution in [2.75, 3.05) is 72.2 Å². The minimum absolute atomic E-state index is 0.00192. The molecule has 3 unspecified atom stereocenters. The van der Waals surface area contributed by atoms with E-state index in [9.17, 15) is 28.6 Å². The van der Waals surface area contributed by atoms with Gasteiger partial charge in [0, 0.05) is 47.7 Å². The van der Waals surface area contributed by atoms with Gasteiger partial charge in [0.05, 0.1) is 41.0 Å². The Hall–Kier alpha value is -0.650. The third-order valence-electron chi connectivity index (χ3n) is 11.0. The second-order valence-electron chi connectivity index (χ2n) is 18.2. The number of likely N-dealkylation sites (N-methyl/N-ethyl adjacent to an activating group) is 1. The molecule has 0 aliphatic carbocycles. The lowest BCUT2D eigenvalue weighted by Gasteiger charge is -2.24. The molecule has 0 aromatic rings. The monoisotopic (exact) mass is 1000 g/mol. The molecule has 2 fully saturated rings. The normalized spacial score (nSPS) is 17.8. The quantitative estimate of drug-likeness (QED) is 0.0153. The minimum Gasteiger partial charge on any atom is -0.466 e. The zero-order chi connectivity index (χ0) is 46.6. The number of carbonyl (C=O) groups excluding carboxylic acids is 4. The van der Waals surface area contributed by atoms with Gasteiger partial charge in [0.2, 0.25) is 0 Å². The molecule has 2 saturated heterocycles. The summed E-state index contributed by atoms with van der Waals surface area (Å²) in [5, 5.41) is 1.52. The molecule has 0 spiro atoms. The van der Waals surface area contributed by atoms with Crippen molar-refractivity contribution in [2.24, 2.45) is 0 Å². The van der Waals surface area contributed by atoms with E-state index in [1.165, 1.54) is 37.2 Å². The first-order valence-electron chi connectivity index (χ1n) is 24.5. The van der Waals surface area contributed by atoms with E-state index in [0.29, 0.717) is 49.9 Å². The third kappa shape index (κ3) is 36.4. The number of phosphoric acid groups is 1. The van der Waals surface area contributed by atoms with Gasteiger partial charge in [-0.05, 0) is 64.2 Å². The fourth-order valence-corrected chi connectivity index (χ4v) is 13.9. The topological polar surface area (TPSA) is 161 Å². The minimum atomic E-state index is -4.42. The van der Waals surface area contributed by atoms with Crippen molar-refractivity contribution in [1.29, 1.82) is 0 Å². The largest absolute Gasteiger partial charge is 0.472 e. The number of quaternary nitrogens is 1. The van der Waals surface area contributed by atoms with Gasteiger partial charge in [0.1, 0.15) is 19.8 Å². The summed E-state index contributed by atoms with van der Waals surface area (Å²) in [6, 6.07) is 0. The summed E-state index contributed by atoms with van der Waals surface area (Å²) in [5.74, 6) is 1.43. The van der Waals surface area contributed by atoms with E-state index < -0.39 is 32.5 Å². The number of esters is 4. The molecule has 2 rings (SSSR count). The Morgan fingerprint density at radius 1 is 0.531 bits per heavy atom. The van der Waals surface area contributed by atoms with E-state index >= 15 is 0 Å². The van der Waals surface area contributed by atoms with Gasteiger partial charge in [0.25, 0.3) is 0 Å². The Balaban J connectivity index is 1.51. The molecule has 2 heterocycles. The highest BCUT2D eigenvalue weighted by Gasteiger charge is 2.27. The smallest absolute Gasteiger partial charge is 0.466 e. The third-order valence-corrected chi connectivity index (χ3v) is 18.0. The molecule has 0 radical (unpaired) electrons. The predicted molar refractivity (Wildman–Crippen MR) is 264 cm³/mol. The Kier molecular flexibility index (Phi) is 35.5. The molecule has 0 aromatic carbocycles. The van der Waals surface area contributed by atoms with Crippen LogP contribution < -0.4 is 0 Å². The van der Waals surface area contributed by atoms with Crippen LogP contribution in [0.5, 0.6) is 0 Å². The molecule has 0 saturated carbocycles. The van der Waals surface area contributed by atoms with Crippen LogP contribution in [0.4, 0.5) is 0 Å². The summed E-state index contributed by atoms with van der Waals surface area (Å²) in [4.78, 5) is 59.5. The molecule has 2 aliphatic rings. The SMILES string of the molecule is C[N+](C)(C)CCOP(=O)(O)OC[C@@H](COC(=O)CCCCCCCCCCOC(=O)CCCCC1CCSS1)OC(=O)CCCCCCCCCCOC(=O)CCCCC1CCSS1. The van der Waals surface area contributed by atoms with Crippen molar-refractivity contribution < 1.29 is 61.1 Å². The standard InChI is InChI=1S/C46H84NO12PS4/c1-47(2,3)32-35-57-60(52,53)58-39-40(59-46(51)29-17-13-9-5-7-11-15-23-34-55-44(49)28-21-19-25-42-31-37-62-64-42)38-56-45(50)26-16-12-8-4-6-10-14-22-33-54-43(48)27-20-18-24-41-30-36-61-63-41/h40-42H,4-39H2,1-3H3/p+1/t40-,41?,42?/m1/s1. The van der Waals surface area contributed by atoms with Crippen molar-refractivity contribution in [3.8, 4) is 0 Å². The lowest BCUT2D eigenvalue weighted by molar-refractivity contribution is -0.870. The van der Waals surface area contributed by atoms with E-state index in [1.807, 2.05) is 64.3 Å². The van der Waals surface area contributed by atoms with Gasteiger partial charge >= 0.3 is 31.7 Å². The summed E-state index contributed by atoms with van der Waals surface area (Å²) >= 11 is 0. The van der Waals surface area contributed by atoms with Gasteiger partial charge in [-0.2, -0.15) is 0 Å². The Morgan fingerprint density at radius 3 is 1.38 bits per heavy atom. The second-order valence-corrected chi connectivity index (χ2v) is 25.2. The maximum Gasteiger partial charge on any atom is 0.472 e. The molecular weight excluding hydrogens is 918 g/mol. The molecule has 1 N–H and O–H groups in total. The molecule has 0 bridgehead atoms. The first-order chi connectivity index (χ1) is 30.8. The van der Waals surface area contributed by atoms with Crippen LogP contribution in [-0.2, 0) is 51.7 Å². The summed E-state index contributed by atoms with van der Waals surface area (Å²) < 4.78 is 45.1. The lowest BCUT2D eigenvalue weighted by atomic mass is 10.1. The van der Waals surface area contributed by atoms with Gasteiger partial charge < -0.3 is 28.3 Å². The molecule has 4 atom stereocenters. The summed E-state index contributed by atoms with van der Waals surface area (Å²) in [5.41, 5.74) is 0. The number of hydrogen-bond donors (Lipinski definition) is 1. The maximum atomic E-state index is 12.8. The van der Waals surface area contributed by atoms with E-state index in [1.54, 1.807) is 0 Å². The molecule has 13 nitrogen and oxygen atoms in total. The highest BCUT2D eigenvalue weighted by atomic mass is 33.1. The number of nitrogens with zero attached hydrogens (tertiary/aromatic N) is 1. The van der Waals surface area contributed by atoms with Crippen LogP contribution in [0.25, 0.3) is 0 Å². The van der Waals surface area contributed by atoms with Gasteiger partial charge in [-0.15, -0.1) is 0 Å². The molecule has 64 heavy (non-hydrogen) atoms. The van der Waals surface area contributed by atoms with Crippen molar-refractivity contribution in [3.05, 3.63) is 0 Å². The van der Waals surface area contributed by atoms with Crippen molar-refractivity contribution in [3.63, 3.8) is 0 Å². The van der Waals surface area contributed by atoms with Crippen molar-refractivity contribution in [1.82, 2.24) is 0 Å². The van der Waals surface area contributed by atoms with Crippen LogP contribution in [0, 0.1) is 0 Å². The number of ether oxygens (including phenoxy) is 4. The molecular formula is C46H85NO12PS4+. The summed E-state index contributed by atoms with van der Waals surface area (Å²) in [6.45, 7) is 0.744. The average molecular weight is 1000 g/mol. The number of rotatable bonds is 42. The van der Waals surface area contributed by atoms with Crippen LogP contribution in [0.15, 0.2) is 0 Å². The average Bonchev–Trinajstić information content (AvgIpc) is 3.98. The molecule has 374 valence electrons. The maximum absolute atomic E-state index is 12.8. The van der Waals surface area contributed by atoms with Gasteiger partial charge in [-0.25, -0.2) is 4.57 Å². The van der Waals surface area contributed by atoms with E-state index in [-0.39, 0.29) is 38.0 Å².